The number of anilines is 1. The van der Waals surface area contributed by atoms with Gasteiger partial charge in [0.05, 0.1) is 24.4 Å². The minimum absolute atomic E-state index is 0.217. The summed E-state index contributed by atoms with van der Waals surface area (Å²) in [6.45, 7) is 8.16. The highest BCUT2D eigenvalue weighted by atomic mass is 32.2. The molecule has 0 saturated heterocycles. The number of aliphatic hydroxyl groups is 1. The molecule has 160 valence electrons. The highest BCUT2D eigenvalue weighted by Gasteiger charge is 2.29. The standard InChI is InChI=1S/C23H31N5OS/c1-17(2)13-27-16-26(3)15-20-22(27)25-28(23(20)30-12-6-11-29)14-19-10-9-18-7-4-5-8-21(18)24-19/h4-5,7-10,17,29H,6,11-16H2,1-3H3. The molecule has 1 aliphatic rings. The normalized spacial score (nSPS) is 14.6. The predicted molar refractivity (Wildman–Crippen MR) is 124 cm³/mol. The Hall–Kier alpha value is -2.09. The summed E-state index contributed by atoms with van der Waals surface area (Å²) in [6.07, 6.45) is 0.782. The number of aromatic nitrogens is 3. The fraction of sp³-hybridized carbons (Fsp3) is 0.478. The van der Waals surface area contributed by atoms with Crippen molar-refractivity contribution in [3.05, 3.63) is 47.7 Å². The number of fused-ring (bicyclic) bond motifs is 2. The fourth-order valence-electron chi connectivity index (χ4n) is 3.98. The summed E-state index contributed by atoms with van der Waals surface area (Å²) < 4.78 is 2.12. The van der Waals surface area contributed by atoms with Crippen LogP contribution in [-0.4, -0.2) is 57.4 Å². The minimum Gasteiger partial charge on any atom is -0.396 e. The molecule has 0 unspecified atom stereocenters. The van der Waals surface area contributed by atoms with Crippen LogP contribution in [0.5, 0.6) is 0 Å². The maximum atomic E-state index is 9.26. The number of rotatable bonds is 8. The van der Waals surface area contributed by atoms with Gasteiger partial charge in [0.2, 0.25) is 0 Å². The van der Waals surface area contributed by atoms with Crippen LogP contribution in [0.25, 0.3) is 10.9 Å². The van der Waals surface area contributed by atoms with Crippen LogP contribution >= 0.6 is 11.8 Å². The van der Waals surface area contributed by atoms with Crippen LogP contribution in [0.4, 0.5) is 5.82 Å². The Bertz CT molecular complexity index is 1000. The first-order chi connectivity index (χ1) is 14.5. The van der Waals surface area contributed by atoms with Gasteiger partial charge in [0.25, 0.3) is 0 Å². The molecule has 0 radical (unpaired) electrons. The highest BCUT2D eigenvalue weighted by molar-refractivity contribution is 7.99. The van der Waals surface area contributed by atoms with Crippen LogP contribution in [0, 0.1) is 5.92 Å². The Balaban J connectivity index is 1.69. The van der Waals surface area contributed by atoms with Gasteiger partial charge >= 0.3 is 0 Å². The molecule has 3 aromatic rings. The van der Waals surface area contributed by atoms with Gasteiger partial charge in [-0.3, -0.25) is 14.6 Å². The van der Waals surface area contributed by atoms with Crippen molar-refractivity contribution < 1.29 is 5.11 Å². The molecule has 7 heteroatoms. The molecule has 6 nitrogen and oxygen atoms in total. The van der Waals surface area contributed by atoms with E-state index in [4.69, 9.17) is 10.1 Å². The summed E-state index contributed by atoms with van der Waals surface area (Å²) in [5.74, 6) is 2.56. The van der Waals surface area contributed by atoms with Gasteiger partial charge in [0, 0.05) is 36.4 Å². The van der Waals surface area contributed by atoms with Gasteiger partial charge in [-0.15, -0.1) is 11.8 Å². The monoisotopic (exact) mass is 425 g/mol. The number of thioether (sulfide) groups is 1. The van der Waals surface area contributed by atoms with Crippen molar-refractivity contribution in [1.29, 1.82) is 0 Å². The van der Waals surface area contributed by atoms with Crippen molar-refractivity contribution in [2.45, 2.75) is 38.4 Å². The average molecular weight is 426 g/mol. The third-order valence-corrected chi connectivity index (χ3v) is 6.44. The van der Waals surface area contributed by atoms with Gasteiger partial charge in [0.15, 0.2) is 5.82 Å². The lowest BCUT2D eigenvalue weighted by Gasteiger charge is -2.34. The molecule has 0 bridgehead atoms. The number of hydrogen-bond donors (Lipinski definition) is 1. The second-order valence-corrected chi connectivity index (χ2v) is 9.54. The van der Waals surface area contributed by atoms with Gasteiger partial charge in [-0.25, -0.2) is 0 Å². The Morgan fingerprint density at radius 3 is 2.80 bits per heavy atom. The van der Waals surface area contributed by atoms with Crippen LogP contribution in [0.3, 0.4) is 0 Å². The second-order valence-electron chi connectivity index (χ2n) is 8.46. The van der Waals surface area contributed by atoms with E-state index < -0.39 is 0 Å². The number of pyridine rings is 1. The number of para-hydroxylation sites is 1. The fourth-order valence-corrected chi connectivity index (χ4v) is 5.03. The van der Waals surface area contributed by atoms with Crippen molar-refractivity contribution >= 4 is 28.5 Å². The average Bonchev–Trinajstić information content (AvgIpc) is 3.05. The van der Waals surface area contributed by atoms with Gasteiger partial charge in [-0.05, 0) is 31.5 Å². The molecule has 30 heavy (non-hydrogen) atoms. The van der Waals surface area contributed by atoms with Crippen molar-refractivity contribution in [3.63, 3.8) is 0 Å². The SMILES string of the molecule is CC(C)CN1CN(C)Cc2c1nn(Cc1ccc3ccccc3n1)c2SCCCO. The van der Waals surface area contributed by atoms with E-state index in [1.807, 2.05) is 12.1 Å². The molecule has 3 heterocycles. The molecule has 0 saturated carbocycles. The number of aliphatic hydroxyl groups excluding tert-OH is 1. The molecule has 0 amide bonds. The first-order valence-corrected chi connectivity index (χ1v) is 11.6. The zero-order valence-corrected chi connectivity index (χ0v) is 18.9. The van der Waals surface area contributed by atoms with E-state index >= 15 is 0 Å². The lowest BCUT2D eigenvalue weighted by Crippen LogP contribution is -2.42. The molecule has 1 aliphatic heterocycles. The minimum atomic E-state index is 0.217. The van der Waals surface area contributed by atoms with Crippen molar-refractivity contribution in [1.82, 2.24) is 19.7 Å². The van der Waals surface area contributed by atoms with Crippen LogP contribution in [0.1, 0.15) is 31.5 Å². The summed E-state index contributed by atoms with van der Waals surface area (Å²) in [6, 6.07) is 12.5. The maximum absolute atomic E-state index is 9.26. The molecule has 4 rings (SSSR count). The van der Waals surface area contributed by atoms with Crippen molar-refractivity contribution in [2.75, 3.05) is 37.5 Å². The molecule has 0 aliphatic carbocycles. The summed E-state index contributed by atoms with van der Waals surface area (Å²) >= 11 is 1.80. The zero-order chi connectivity index (χ0) is 21.1. The van der Waals surface area contributed by atoms with E-state index in [0.29, 0.717) is 12.5 Å². The summed E-state index contributed by atoms with van der Waals surface area (Å²) in [5.41, 5.74) is 3.33. The van der Waals surface area contributed by atoms with Gasteiger partial charge in [0.1, 0.15) is 5.03 Å². The number of benzene rings is 1. The topological polar surface area (TPSA) is 57.4 Å². The third-order valence-electron chi connectivity index (χ3n) is 5.21. The molecule has 0 spiro atoms. The van der Waals surface area contributed by atoms with Gasteiger partial charge < -0.3 is 10.0 Å². The molecular formula is C23H31N5OS. The Morgan fingerprint density at radius 1 is 1.17 bits per heavy atom. The van der Waals surface area contributed by atoms with Crippen molar-refractivity contribution in [3.8, 4) is 0 Å². The highest BCUT2D eigenvalue weighted by Crippen LogP contribution is 2.35. The van der Waals surface area contributed by atoms with Crippen LogP contribution in [0.2, 0.25) is 0 Å². The Kier molecular flexibility index (Phi) is 6.61. The van der Waals surface area contributed by atoms with E-state index in [0.717, 1.165) is 54.3 Å². The lowest BCUT2D eigenvalue weighted by atomic mass is 10.2. The predicted octanol–water partition coefficient (Wildman–Crippen LogP) is 3.82. The van der Waals surface area contributed by atoms with E-state index in [2.05, 4.69) is 59.6 Å². The van der Waals surface area contributed by atoms with Crippen LogP contribution < -0.4 is 4.90 Å². The van der Waals surface area contributed by atoms with E-state index in [9.17, 15) is 5.11 Å². The Labute approximate surface area is 182 Å². The largest absolute Gasteiger partial charge is 0.396 e. The van der Waals surface area contributed by atoms with Crippen molar-refractivity contribution in [2.24, 2.45) is 5.92 Å². The molecule has 0 fully saturated rings. The van der Waals surface area contributed by atoms with E-state index in [1.54, 1.807) is 11.8 Å². The van der Waals surface area contributed by atoms with Gasteiger partial charge in [-0.2, -0.15) is 5.10 Å². The van der Waals surface area contributed by atoms with Gasteiger partial charge in [-0.1, -0.05) is 38.1 Å². The summed E-state index contributed by atoms with van der Waals surface area (Å²) in [7, 11) is 2.17. The smallest absolute Gasteiger partial charge is 0.157 e. The summed E-state index contributed by atoms with van der Waals surface area (Å²) in [5, 5.41) is 16.7. The van der Waals surface area contributed by atoms with E-state index in [-0.39, 0.29) is 6.61 Å². The number of nitrogens with zero attached hydrogens (tertiary/aromatic N) is 5. The third kappa shape index (κ3) is 4.63. The van der Waals surface area contributed by atoms with E-state index in [1.165, 1.54) is 10.6 Å². The quantitative estimate of drug-likeness (QED) is 0.437. The molecule has 1 aromatic carbocycles. The lowest BCUT2D eigenvalue weighted by molar-refractivity contribution is 0.296. The molecular weight excluding hydrogens is 394 g/mol. The van der Waals surface area contributed by atoms with Crippen LogP contribution in [-0.2, 0) is 13.1 Å². The summed E-state index contributed by atoms with van der Waals surface area (Å²) in [4.78, 5) is 9.60. The molecule has 1 N–H and O–H groups in total. The Morgan fingerprint density at radius 2 is 2.00 bits per heavy atom. The molecule has 2 aromatic heterocycles. The second kappa shape index (κ2) is 9.37. The first-order valence-electron chi connectivity index (χ1n) is 10.7. The zero-order valence-electron chi connectivity index (χ0n) is 18.1. The first kappa shape index (κ1) is 21.2. The molecule has 0 atom stereocenters. The number of hydrogen-bond acceptors (Lipinski definition) is 6. The van der Waals surface area contributed by atoms with Crippen LogP contribution in [0.15, 0.2) is 41.4 Å². The maximum Gasteiger partial charge on any atom is 0.157 e.